The van der Waals surface area contributed by atoms with E-state index in [4.69, 9.17) is 29.0 Å². The maximum atomic E-state index is 12.0. The number of phosphoric acid groups is 2. The number of carbonyl (C=O) groups excluding carboxylic acids is 1. The zero-order chi connectivity index (χ0) is 25.2. The monoisotopic (exact) mass is 527 g/mol. The fourth-order valence-corrected chi connectivity index (χ4v) is 5.26. The molecule has 4 N–H and O–H groups in total. The number of phosphoric ester groups is 2. The fourth-order valence-electron chi connectivity index (χ4n) is 4.48. The van der Waals surface area contributed by atoms with Crippen LogP contribution in [-0.4, -0.2) is 59.7 Å². The van der Waals surface area contributed by atoms with Crippen LogP contribution >= 0.6 is 15.6 Å². The molecular weight excluding hydrogens is 506 g/mol. The first-order valence-electron chi connectivity index (χ1n) is 10.3. The third-order valence-corrected chi connectivity index (χ3v) is 6.56. The second-order valence-corrected chi connectivity index (χ2v) is 10.7. The molecule has 3 heterocycles. The molecule has 1 fully saturated rings. The Labute approximate surface area is 198 Å². The summed E-state index contributed by atoms with van der Waals surface area (Å²) >= 11 is 0. The lowest BCUT2D eigenvalue weighted by Crippen LogP contribution is -2.62. The normalized spacial score (nSPS) is 23.0. The van der Waals surface area contributed by atoms with Crippen LogP contribution in [0.3, 0.4) is 0 Å². The number of ether oxygens (including phenoxy) is 2. The van der Waals surface area contributed by atoms with Gasteiger partial charge >= 0.3 is 21.7 Å². The molecule has 2 aromatic carbocycles. The Bertz CT molecular complexity index is 1350. The Morgan fingerprint density at radius 3 is 2.29 bits per heavy atom. The SMILES string of the molecule is CC(=O)CC1CN2Cc3cc(OP(=O)(O)O)ccc3OC23Oc2ccc(OP(=O)(O)O)cc2C=[N+]13. The number of benzene rings is 2. The van der Waals surface area contributed by atoms with Gasteiger partial charge in [-0.3, -0.25) is 24.4 Å². The zero-order valence-electron chi connectivity index (χ0n) is 18.2. The molecule has 1 spiro atoms. The third kappa shape index (κ3) is 4.72. The standard InChI is InChI=1S/C20H20N2O11P2/c1-12(23)6-15-11-21-9-13-7-16(32-34(24,25)26)2-4-18(13)30-20(21)22(15)10-14-8-17(33-35(27,28)29)3-5-19(14)31-20/h2-5,7-8,10,15H,6,9,11H2,1H3,(H3-,24,25,26,27,28,29)/p+1. The maximum absolute atomic E-state index is 12.0. The number of hydrogen-bond donors (Lipinski definition) is 4. The molecule has 0 amide bonds. The van der Waals surface area contributed by atoms with Crippen molar-refractivity contribution in [1.29, 1.82) is 0 Å². The summed E-state index contributed by atoms with van der Waals surface area (Å²) < 4.78 is 46.1. The van der Waals surface area contributed by atoms with E-state index in [1.165, 1.54) is 43.3 Å². The molecule has 0 saturated carbocycles. The number of carbonyl (C=O) groups is 1. The second-order valence-electron chi connectivity index (χ2n) is 8.36. The fraction of sp³-hybridized carbons (Fsp3) is 0.300. The molecule has 0 radical (unpaired) electrons. The molecule has 0 bridgehead atoms. The van der Waals surface area contributed by atoms with E-state index < -0.39 is 21.7 Å². The van der Waals surface area contributed by atoms with Crippen molar-refractivity contribution in [3.05, 3.63) is 47.5 Å². The van der Waals surface area contributed by atoms with Gasteiger partial charge in [0.1, 0.15) is 28.8 Å². The first kappa shape index (κ1) is 24.0. The number of fused-ring (bicyclic) bond motifs is 2. The Balaban J connectivity index is 1.54. The van der Waals surface area contributed by atoms with E-state index in [2.05, 4.69) is 9.05 Å². The molecule has 13 nitrogen and oxygen atoms in total. The largest absolute Gasteiger partial charge is 0.550 e. The number of hydrogen-bond acceptors (Lipinski definition) is 8. The molecule has 1 saturated heterocycles. The van der Waals surface area contributed by atoms with Crippen LogP contribution in [0.15, 0.2) is 36.4 Å². The van der Waals surface area contributed by atoms with E-state index in [0.717, 1.165) is 0 Å². The van der Waals surface area contributed by atoms with Crippen molar-refractivity contribution in [2.24, 2.45) is 0 Å². The molecule has 35 heavy (non-hydrogen) atoms. The summed E-state index contributed by atoms with van der Waals surface area (Å²) in [5, 5.41) is 0. The Morgan fingerprint density at radius 1 is 1.06 bits per heavy atom. The van der Waals surface area contributed by atoms with Crippen molar-refractivity contribution in [2.45, 2.75) is 32.0 Å². The van der Waals surface area contributed by atoms with E-state index in [-0.39, 0.29) is 36.3 Å². The van der Waals surface area contributed by atoms with Crippen LogP contribution in [0.25, 0.3) is 0 Å². The summed E-state index contributed by atoms with van der Waals surface area (Å²) in [5.74, 6) is 0.618. The molecule has 5 rings (SSSR count). The average molecular weight is 527 g/mol. The maximum Gasteiger partial charge on any atom is 0.550 e. The van der Waals surface area contributed by atoms with Gasteiger partial charge in [-0.25, -0.2) is 9.13 Å². The second kappa shape index (κ2) is 8.14. The predicted octanol–water partition coefficient (Wildman–Crippen LogP) is 1.32. The Morgan fingerprint density at radius 2 is 1.66 bits per heavy atom. The van der Waals surface area contributed by atoms with E-state index in [1.54, 1.807) is 10.8 Å². The van der Waals surface area contributed by atoms with Crippen molar-refractivity contribution in [3.8, 4) is 23.0 Å². The highest BCUT2D eigenvalue weighted by molar-refractivity contribution is 7.47. The van der Waals surface area contributed by atoms with Crippen LogP contribution in [-0.2, 0) is 20.5 Å². The number of rotatable bonds is 6. The van der Waals surface area contributed by atoms with E-state index in [0.29, 0.717) is 29.2 Å². The summed E-state index contributed by atoms with van der Waals surface area (Å²) in [5.41, 5.74) is 1.07. The molecular formula is C20H21N2O11P2+. The van der Waals surface area contributed by atoms with Crippen molar-refractivity contribution in [1.82, 2.24) is 4.90 Å². The van der Waals surface area contributed by atoms with E-state index in [1.807, 2.05) is 4.90 Å². The predicted molar refractivity (Wildman–Crippen MR) is 117 cm³/mol. The van der Waals surface area contributed by atoms with Gasteiger partial charge in [0.05, 0.1) is 18.5 Å². The number of ketones is 1. The molecule has 2 aromatic rings. The highest BCUT2D eigenvalue weighted by Gasteiger charge is 2.66. The molecule has 15 heteroatoms. The molecule has 3 aliphatic heterocycles. The highest BCUT2D eigenvalue weighted by atomic mass is 31.2. The van der Waals surface area contributed by atoms with Crippen molar-refractivity contribution in [2.75, 3.05) is 6.54 Å². The first-order valence-corrected chi connectivity index (χ1v) is 13.4. The Hall–Kier alpha value is -2.76. The van der Waals surface area contributed by atoms with Gasteiger partial charge < -0.3 is 18.5 Å². The lowest BCUT2D eigenvalue weighted by atomic mass is 10.1. The third-order valence-electron chi connectivity index (χ3n) is 5.66. The van der Waals surface area contributed by atoms with Crippen LogP contribution in [0.2, 0.25) is 0 Å². The lowest BCUT2D eigenvalue weighted by Gasteiger charge is -2.38. The van der Waals surface area contributed by atoms with Gasteiger partial charge in [-0.05, 0) is 43.3 Å². The minimum absolute atomic E-state index is 0.0213. The highest BCUT2D eigenvalue weighted by Crippen LogP contribution is 2.46. The topological polar surface area (TPSA) is 175 Å². The number of Topliss-reactive ketones (excluding diaryl/α,β-unsaturated/α-hetero) is 1. The minimum atomic E-state index is -4.76. The van der Waals surface area contributed by atoms with Gasteiger partial charge in [0.15, 0.2) is 12.3 Å². The van der Waals surface area contributed by atoms with Gasteiger partial charge in [0.2, 0.25) is 0 Å². The van der Waals surface area contributed by atoms with E-state index in [9.17, 15) is 13.9 Å². The summed E-state index contributed by atoms with van der Waals surface area (Å²) in [6, 6.07) is 6.81. The molecule has 0 aliphatic carbocycles. The minimum Gasteiger partial charge on any atom is -0.404 e. The molecule has 2 unspecified atom stereocenters. The van der Waals surface area contributed by atoms with Crippen LogP contribution in [0, 0.1) is 0 Å². The lowest BCUT2D eigenvalue weighted by molar-refractivity contribution is -0.716. The van der Waals surface area contributed by atoms with Crippen molar-refractivity contribution < 1.29 is 56.6 Å². The average Bonchev–Trinajstić information content (AvgIpc) is 2.99. The van der Waals surface area contributed by atoms with Gasteiger partial charge in [0.25, 0.3) is 0 Å². The van der Waals surface area contributed by atoms with Gasteiger partial charge in [-0.15, -0.1) is 4.58 Å². The summed E-state index contributed by atoms with van der Waals surface area (Å²) in [6.07, 6.45) is 1.87. The first-order chi connectivity index (χ1) is 16.3. The Kier molecular flexibility index (Phi) is 5.57. The van der Waals surface area contributed by atoms with Crippen LogP contribution in [0.1, 0.15) is 24.5 Å². The van der Waals surface area contributed by atoms with E-state index >= 15 is 0 Å². The van der Waals surface area contributed by atoms with Crippen molar-refractivity contribution >= 4 is 27.6 Å². The van der Waals surface area contributed by atoms with Crippen LogP contribution in [0.5, 0.6) is 23.0 Å². The molecule has 2 atom stereocenters. The number of nitrogens with zero attached hydrogens (tertiary/aromatic N) is 2. The summed E-state index contributed by atoms with van der Waals surface area (Å²) in [6.45, 7) is 2.09. The zero-order valence-corrected chi connectivity index (χ0v) is 20.0. The molecule has 186 valence electrons. The van der Waals surface area contributed by atoms with Crippen LogP contribution < -0.4 is 18.5 Å². The summed E-state index contributed by atoms with van der Waals surface area (Å²) in [4.78, 5) is 50.3. The van der Waals surface area contributed by atoms with Gasteiger partial charge in [-0.1, -0.05) is 0 Å². The summed E-state index contributed by atoms with van der Waals surface area (Å²) in [7, 11) is -9.50. The molecule has 0 aromatic heterocycles. The smallest absolute Gasteiger partial charge is 0.404 e. The van der Waals surface area contributed by atoms with Crippen molar-refractivity contribution in [3.63, 3.8) is 0 Å². The quantitative estimate of drug-likeness (QED) is 0.314. The molecule has 3 aliphatic rings. The van der Waals surface area contributed by atoms with Gasteiger partial charge in [-0.2, -0.15) is 4.90 Å². The van der Waals surface area contributed by atoms with Gasteiger partial charge in [0, 0.05) is 12.1 Å². The van der Waals surface area contributed by atoms with Crippen LogP contribution in [0.4, 0.5) is 0 Å².